The van der Waals surface area contributed by atoms with Crippen molar-refractivity contribution in [1.82, 2.24) is 4.72 Å². The van der Waals surface area contributed by atoms with Crippen LogP contribution < -0.4 is 4.72 Å². The van der Waals surface area contributed by atoms with E-state index >= 15 is 0 Å². The molecule has 2 aromatic carbocycles. The summed E-state index contributed by atoms with van der Waals surface area (Å²) in [6, 6.07) is 10.9. The molecule has 7 heteroatoms. The van der Waals surface area contributed by atoms with E-state index in [1.807, 2.05) is 18.2 Å². The maximum atomic E-state index is 12.6. The van der Waals surface area contributed by atoms with Crippen LogP contribution in [-0.4, -0.2) is 13.3 Å². The highest BCUT2D eigenvalue weighted by molar-refractivity contribution is 7.89. The fourth-order valence-electron chi connectivity index (χ4n) is 3.06. The van der Waals surface area contributed by atoms with E-state index in [1.165, 1.54) is 35.4 Å². The molecule has 0 amide bonds. The zero-order valence-electron chi connectivity index (χ0n) is 13.2. The van der Waals surface area contributed by atoms with Gasteiger partial charge in [-0.15, -0.1) is 0 Å². The fraction of sp³-hybridized carbons (Fsp3) is 0.294. The second-order valence-electron chi connectivity index (χ2n) is 5.95. The van der Waals surface area contributed by atoms with Crippen molar-refractivity contribution in [1.29, 1.82) is 0 Å². The fourth-order valence-corrected chi connectivity index (χ4v) is 4.46. The smallest absolute Gasteiger partial charge is 0.258 e. The Morgan fingerprint density at radius 3 is 2.58 bits per heavy atom. The average molecular weight is 346 g/mol. The summed E-state index contributed by atoms with van der Waals surface area (Å²) in [4.78, 5) is 10.1. The number of nitro benzene ring substituents is 1. The predicted molar refractivity (Wildman–Crippen MR) is 90.3 cm³/mol. The summed E-state index contributed by atoms with van der Waals surface area (Å²) in [6.45, 7) is 1.74. The average Bonchev–Trinajstić information content (AvgIpc) is 3.02. The molecule has 1 unspecified atom stereocenters. The molecule has 1 atom stereocenters. The van der Waals surface area contributed by atoms with Crippen molar-refractivity contribution in [2.45, 2.75) is 37.1 Å². The maximum Gasteiger partial charge on any atom is 0.289 e. The van der Waals surface area contributed by atoms with Gasteiger partial charge in [0.15, 0.2) is 4.90 Å². The number of nitro groups is 1. The number of nitrogens with zero attached hydrogens (tertiary/aromatic N) is 1. The zero-order chi connectivity index (χ0) is 17.3. The number of nitrogens with one attached hydrogen (secondary N) is 1. The number of rotatable bonds is 5. The summed E-state index contributed by atoms with van der Waals surface area (Å²) in [5.74, 6) is 0. The van der Waals surface area contributed by atoms with E-state index < -0.39 is 26.7 Å². The lowest BCUT2D eigenvalue weighted by Crippen LogP contribution is -2.27. The first kappa shape index (κ1) is 16.6. The number of hydrogen-bond acceptors (Lipinski definition) is 4. The highest BCUT2D eigenvalue weighted by atomic mass is 32.2. The molecular formula is C17H18N2O4S. The van der Waals surface area contributed by atoms with Crippen LogP contribution in [0.1, 0.15) is 36.1 Å². The summed E-state index contributed by atoms with van der Waals surface area (Å²) in [6.07, 6.45) is 3.19. The van der Waals surface area contributed by atoms with Gasteiger partial charge in [0.2, 0.25) is 10.0 Å². The van der Waals surface area contributed by atoms with Crippen molar-refractivity contribution in [3.05, 3.63) is 69.3 Å². The van der Waals surface area contributed by atoms with Crippen LogP contribution in [0.2, 0.25) is 0 Å². The van der Waals surface area contributed by atoms with Crippen LogP contribution >= 0.6 is 0 Å². The molecule has 1 N–H and O–H groups in total. The van der Waals surface area contributed by atoms with Crippen LogP contribution in [0.5, 0.6) is 0 Å². The molecule has 3 rings (SSSR count). The van der Waals surface area contributed by atoms with Gasteiger partial charge in [0.1, 0.15) is 0 Å². The van der Waals surface area contributed by atoms with Crippen LogP contribution in [-0.2, 0) is 22.9 Å². The first-order valence-electron chi connectivity index (χ1n) is 7.76. The van der Waals surface area contributed by atoms with Crippen LogP contribution in [0.3, 0.4) is 0 Å². The van der Waals surface area contributed by atoms with E-state index in [2.05, 4.69) is 4.72 Å². The number of sulfonamides is 1. The normalized spacial score (nSPS) is 15.0. The Kier molecular flexibility index (Phi) is 4.38. The molecule has 0 aromatic heterocycles. The van der Waals surface area contributed by atoms with Gasteiger partial charge in [0, 0.05) is 12.1 Å². The lowest BCUT2D eigenvalue weighted by molar-refractivity contribution is -0.387. The molecule has 2 aromatic rings. The Bertz CT molecular complexity index is 893. The van der Waals surface area contributed by atoms with E-state index in [0.717, 1.165) is 24.8 Å². The molecule has 0 aliphatic heterocycles. The maximum absolute atomic E-state index is 12.6. The molecule has 24 heavy (non-hydrogen) atoms. The number of fused-ring (bicyclic) bond motifs is 1. The second kappa shape index (κ2) is 6.33. The van der Waals surface area contributed by atoms with Gasteiger partial charge in [-0.1, -0.05) is 30.3 Å². The summed E-state index contributed by atoms with van der Waals surface area (Å²) in [5.41, 5.74) is 3.00. The molecule has 126 valence electrons. The summed E-state index contributed by atoms with van der Waals surface area (Å²) in [5, 5.41) is 11.1. The molecule has 0 spiro atoms. The molecule has 0 saturated heterocycles. The van der Waals surface area contributed by atoms with Gasteiger partial charge >= 0.3 is 0 Å². The third-order valence-electron chi connectivity index (χ3n) is 4.31. The second-order valence-corrected chi connectivity index (χ2v) is 7.63. The highest BCUT2D eigenvalue weighted by Crippen LogP contribution is 2.28. The Hall–Kier alpha value is -2.25. The van der Waals surface area contributed by atoms with Gasteiger partial charge in [-0.3, -0.25) is 10.1 Å². The minimum atomic E-state index is -3.99. The van der Waals surface area contributed by atoms with Crippen LogP contribution in [0.15, 0.2) is 47.4 Å². The first-order chi connectivity index (χ1) is 11.4. The van der Waals surface area contributed by atoms with Crippen molar-refractivity contribution in [2.75, 3.05) is 0 Å². The van der Waals surface area contributed by atoms with Gasteiger partial charge in [-0.25, -0.2) is 13.1 Å². The van der Waals surface area contributed by atoms with Crippen LogP contribution in [0.4, 0.5) is 5.69 Å². The number of para-hydroxylation sites is 1. The Morgan fingerprint density at radius 2 is 1.83 bits per heavy atom. The third-order valence-corrected chi connectivity index (χ3v) is 5.89. The van der Waals surface area contributed by atoms with Crippen molar-refractivity contribution >= 4 is 15.7 Å². The molecule has 0 radical (unpaired) electrons. The van der Waals surface area contributed by atoms with Gasteiger partial charge in [0.25, 0.3) is 5.69 Å². The minimum absolute atomic E-state index is 0.317. The topological polar surface area (TPSA) is 89.3 Å². The Morgan fingerprint density at radius 1 is 1.12 bits per heavy atom. The molecule has 1 aliphatic rings. The van der Waals surface area contributed by atoms with Gasteiger partial charge in [-0.2, -0.15) is 0 Å². The first-order valence-corrected chi connectivity index (χ1v) is 9.24. The van der Waals surface area contributed by atoms with Gasteiger partial charge in [-0.05, 0) is 48.9 Å². The summed E-state index contributed by atoms with van der Waals surface area (Å²) < 4.78 is 27.7. The summed E-state index contributed by atoms with van der Waals surface area (Å²) in [7, 11) is -3.99. The SMILES string of the molecule is CC(NS(=O)(=O)c1ccccc1[N+](=O)[O-])c1ccc2c(c1)CCC2. The molecule has 0 fully saturated rings. The minimum Gasteiger partial charge on any atom is -0.258 e. The van der Waals surface area contributed by atoms with E-state index in [1.54, 1.807) is 6.92 Å². The van der Waals surface area contributed by atoms with Gasteiger partial charge < -0.3 is 0 Å². The van der Waals surface area contributed by atoms with Crippen LogP contribution in [0.25, 0.3) is 0 Å². The lowest BCUT2D eigenvalue weighted by atomic mass is 10.0. The molecular weight excluding hydrogens is 328 g/mol. The van der Waals surface area contributed by atoms with Crippen molar-refractivity contribution in [3.8, 4) is 0 Å². The lowest BCUT2D eigenvalue weighted by Gasteiger charge is -2.16. The number of benzene rings is 2. The van der Waals surface area contributed by atoms with E-state index in [9.17, 15) is 18.5 Å². The van der Waals surface area contributed by atoms with E-state index in [0.29, 0.717) is 0 Å². The quantitative estimate of drug-likeness (QED) is 0.665. The standard InChI is InChI=1S/C17H18N2O4S/c1-12(14-10-9-13-5-4-6-15(13)11-14)18-24(22,23)17-8-3-2-7-16(17)19(20)21/h2-3,7-12,18H,4-6H2,1H3. The van der Waals surface area contributed by atoms with Crippen molar-refractivity contribution < 1.29 is 13.3 Å². The van der Waals surface area contributed by atoms with Gasteiger partial charge in [0.05, 0.1) is 4.92 Å². The van der Waals surface area contributed by atoms with E-state index in [-0.39, 0.29) is 4.90 Å². The largest absolute Gasteiger partial charge is 0.289 e. The molecule has 1 aliphatic carbocycles. The predicted octanol–water partition coefficient (Wildman–Crippen LogP) is 3.12. The summed E-state index contributed by atoms with van der Waals surface area (Å²) >= 11 is 0. The van der Waals surface area contributed by atoms with E-state index in [4.69, 9.17) is 0 Å². The molecule has 0 bridgehead atoms. The molecule has 6 nitrogen and oxygen atoms in total. The number of hydrogen-bond donors (Lipinski definition) is 1. The highest BCUT2D eigenvalue weighted by Gasteiger charge is 2.27. The zero-order valence-corrected chi connectivity index (χ0v) is 14.0. The van der Waals surface area contributed by atoms with Crippen LogP contribution in [0, 0.1) is 10.1 Å². The molecule has 0 heterocycles. The Labute approximate surface area is 140 Å². The monoisotopic (exact) mass is 346 g/mol. The third kappa shape index (κ3) is 3.18. The van der Waals surface area contributed by atoms with Crippen molar-refractivity contribution in [2.24, 2.45) is 0 Å². The Balaban J connectivity index is 1.88. The molecule has 0 saturated carbocycles. The number of aryl methyl sites for hydroxylation is 2. The van der Waals surface area contributed by atoms with Crippen molar-refractivity contribution in [3.63, 3.8) is 0 Å².